The maximum Gasteiger partial charge on any atom is 0.263 e. The van der Waals surface area contributed by atoms with E-state index in [0.717, 1.165) is 36.1 Å². The van der Waals surface area contributed by atoms with Gasteiger partial charge in [0.15, 0.2) is 5.16 Å². The third-order valence-corrected chi connectivity index (χ3v) is 7.88. The number of nitrogens with two attached hydrogens (primary N) is 1. The third kappa shape index (κ3) is 4.51. The lowest BCUT2D eigenvalue weighted by Crippen LogP contribution is -2.25. The number of primary amides is 1. The Bertz CT molecular complexity index is 1420. The smallest absolute Gasteiger partial charge is 0.263 e. The molecule has 0 unspecified atom stereocenters. The lowest BCUT2D eigenvalue weighted by Gasteiger charge is -2.13. The average Bonchev–Trinajstić information content (AvgIpc) is 3.47. The number of rotatable bonds is 7. The fourth-order valence-corrected chi connectivity index (χ4v) is 6.17. The van der Waals surface area contributed by atoms with Gasteiger partial charge in [-0.25, -0.2) is 4.98 Å². The van der Waals surface area contributed by atoms with Gasteiger partial charge in [0.25, 0.3) is 5.56 Å². The van der Waals surface area contributed by atoms with Crippen molar-refractivity contribution in [1.29, 1.82) is 0 Å². The molecule has 0 radical (unpaired) electrons. The molecule has 10 heteroatoms. The second kappa shape index (κ2) is 9.47. The van der Waals surface area contributed by atoms with Crippen LogP contribution in [0.25, 0.3) is 10.2 Å². The molecule has 8 nitrogen and oxygen atoms in total. The lowest BCUT2D eigenvalue weighted by atomic mass is 9.97. The van der Waals surface area contributed by atoms with Crippen molar-refractivity contribution in [1.82, 2.24) is 9.55 Å². The Labute approximate surface area is 203 Å². The zero-order valence-corrected chi connectivity index (χ0v) is 19.8. The molecule has 1 aliphatic rings. The first-order valence-corrected chi connectivity index (χ1v) is 12.7. The third-order valence-electron chi connectivity index (χ3n) is 5.72. The summed E-state index contributed by atoms with van der Waals surface area (Å²) in [5.41, 5.74) is 7.21. The molecule has 174 valence electrons. The van der Waals surface area contributed by atoms with Gasteiger partial charge in [0.05, 0.1) is 23.9 Å². The standard InChI is InChI=1S/C24H22N4O4S2/c25-21(30)14-7-9-15(10-8-14)26-19(29)13-33-24-27-22-20(17-5-1-2-6-18(17)34-22)23(31)28(24)12-16-4-3-11-32-16/h3-4,7-11H,1-2,5-6,12-13H2,(H2,25,30)(H,26,29). The van der Waals surface area contributed by atoms with Crippen molar-refractivity contribution in [3.05, 3.63) is 74.8 Å². The van der Waals surface area contributed by atoms with Crippen molar-refractivity contribution in [3.8, 4) is 0 Å². The number of hydrogen-bond donors (Lipinski definition) is 2. The number of carbonyl (C=O) groups is 2. The van der Waals surface area contributed by atoms with Crippen molar-refractivity contribution in [2.24, 2.45) is 5.73 Å². The number of furan rings is 1. The van der Waals surface area contributed by atoms with E-state index in [0.29, 0.717) is 27.6 Å². The molecule has 4 aromatic rings. The van der Waals surface area contributed by atoms with Crippen LogP contribution in [0.15, 0.2) is 57.0 Å². The predicted octanol–water partition coefficient (Wildman–Crippen LogP) is 3.81. The van der Waals surface area contributed by atoms with E-state index < -0.39 is 5.91 Å². The molecule has 3 heterocycles. The van der Waals surface area contributed by atoms with Gasteiger partial charge in [-0.3, -0.25) is 19.0 Å². The predicted molar refractivity (Wildman–Crippen MR) is 133 cm³/mol. The normalized spacial score (nSPS) is 13.1. The van der Waals surface area contributed by atoms with Crippen LogP contribution in [-0.4, -0.2) is 27.1 Å². The van der Waals surface area contributed by atoms with Gasteiger partial charge in [-0.15, -0.1) is 11.3 Å². The van der Waals surface area contributed by atoms with Crippen LogP contribution in [0.2, 0.25) is 0 Å². The summed E-state index contributed by atoms with van der Waals surface area (Å²) in [6, 6.07) is 9.95. The van der Waals surface area contributed by atoms with Gasteiger partial charge in [-0.1, -0.05) is 11.8 Å². The first kappa shape index (κ1) is 22.4. The average molecular weight is 495 g/mol. The molecule has 3 aromatic heterocycles. The van der Waals surface area contributed by atoms with Crippen LogP contribution in [0.4, 0.5) is 5.69 Å². The number of benzene rings is 1. The number of aryl methyl sites for hydroxylation is 2. The highest BCUT2D eigenvalue weighted by atomic mass is 32.2. The molecule has 1 aliphatic carbocycles. The minimum atomic E-state index is -0.528. The molecule has 5 rings (SSSR count). The van der Waals surface area contributed by atoms with Crippen molar-refractivity contribution in [2.45, 2.75) is 37.4 Å². The summed E-state index contributed by atoms with van der Waals surface area (Å²) in [5, 5.41) is 3.97. The fraction of sp³-hybridized carbons (Fsp3) is 0.250. The Hall–Kier alpha value is -3.37. The van der Waals surface area contributed by atoms with Crippen LogP contribution in [0.3, 0.4) is 0 Å². The van der Waals surface area contributed by atoms with E-state index in [-0.39, 0.29) is 23.8 Å². The van der Waals surface area contributed by atoms with Gasteiger partial charge < -0.3 is 15.5 Å². The maximum absolute atomic E-state index is 13.6. The minimum Gasteiger partial charge on any atom is -0.467 e. The van der Waals surface area contributed by atoms with Crippen molar-refractivity contribution >= 4 is 50.8 Å². The highest BCUT2D eigenvalue weighted by Crippen LogP contribution is 2.34. The summed E-state index contributed by atoms with van der Waals surface area (Å²) in [6.45, 7) is 0.248. The lowest BCUT2D eigenvalue weighted by molar-refractivity contribution is -0.113. The molecule has 0 aliphatic heterocycles. The van der Waals surface area contributed by atoms with Crippen LogP contribution < -0.4 is 16.6 Å². The number of fused-ring (bicyclic) bond motifs is 3. The number of hydrogen-bond acceptors (Lipinski definition) is 7. The Morgan fingerprint density at radius 2 is 1.97 bits per heavy atom. The zero-order chi connectivity index (χ0) is 23.7. The molecule has 2 amide bonds. The highest BCUT2D eigenvalue weighted by Gasteiger charge is 2.23. The number of thiophene rings is 1. The van der Waals surface area contributed by atoms with Crippen molar-refractivity contribution in [2.75, 3.05) is 11.1 Å². The Morgan fingerprint density at radius 3 is 2.71 bits per heavy atom. The topological polar surface area (TPSA) is 120 Å². The fourth-order valence-electron chi connectivity index (χ4n) is 4.07. The van der Waals surface area contributed by atoms with Crippen LogP contribution in [-0.2, 0) is 24.2 Å². The van der Waals surface area contributed by atoms with E-state index in [1.807, 2.05) is 6.07 Å². The van der Waals surface area contributed by atoms with E-state index in [9.17, 15) is 14.4 Å². The van der Waals surface area contributed by atoms with Gasteiger partial charge >= 0.3 is 0 Å². The summed E-state index contributed by atoms with van der Waals surface area (Å²) < 4.78 is 7.08. The van der Waals surface area contributed by atoms with E-state index in [1.54, 1.807) is 52.5 Å². The molecule has 34 heavy (non-hydrogen) atoms. The summed E-state index contributed by atoms with van der Waals surface area (Å²) in [7, 11) is 0. The Morgan fingerprint density at radius 1 is 1.18 bits per heavy atom. The number of carbonyl (C=O) groups excluding carboxylic acids is 2. The number of amides is 2. The van der Waals surface area contributed by atoms with Gasteiger partial charge in [0.2, 0.25) is 11.8 Å². The van der Waals surface area contributed by atoms with Crippen LogP contribution >= 0.6 is 23.1 Å². The number of nitrogens with zero attached hydrogens (tertiary/aromatic N) is 2. The molecule has 0 spiro atoms. The molecule has 0 saturated carbocycles. The number of thioether (sulfide) groups is 1. The number of aromatic nitrogens is 2. The Kier molecular flexibility index (Phi) is 6.25. The van der Waals surface area contributed by atoms with Gasteiger partial charge in [-0.05, 0) is 67.6 Å². The molecule has 0 bridgehead atoms. The van der Waals surface area contributed by atoms with Gasteiger partial charge in [0.1, 0.15) is 10.6 Å². The molecular formula is C24H22N4O4S2. The van der Waals surface area contributed by atoms with Crippen molar-refractivity contribution < 1.29 is 14.0 Å². The molecule has 1 aromatic carbocycles. The van der Waals surface area contributed by atoms with Gasteiger partial charge in [-0.2, -0.15) is 0 Å². The van der Waals surface area contributed by atoms with E-state index in [1.165, 1.54) is 16.6 Å². The summed E-state index contributed by atoms with van der Waals surface area (Å²) in [4.78, 5) is 44.2. The van der Waals surface area contributed by atoms with E-state index >= 15 is 0 Å². The van der Waals surface area contributed by atoms with Crippen LogP contribution in [0.1, 0.15) is 39.4 Å². The highest BCUT2D eigenvalue weighted by molar-refractivity contribution is 7.99. The second-order valence-corrected chi connectivity index (χ2v) is 10.1. The van der Waals surface area contributed by atoms with Crippen LogP contribution in [0, 0.1) is 0 Å². The van der Waals surface area contributed by atoms with Gasteiger partial charge in [0, 0.05) is 16.1 Å². The second-order valence-electron chi connectivity index (χ2n) is 8.03. The van der Waals surface area contributed by atoms with Crippen LogP contribution in [0.5, 0.6) is 0 Å². The maximum atomic E-state index is 13.6. The molecule has 3 N–H and O–H groups in total. The Balaban J connectivity index is 1.41. The summed E-state index contributed by atoms with van der Waals surface area (Å²) in [5.74, 6) is -0.0623. The first-order chi connectivity index (χ1) is 16.5. The first-order valence-electron chi connectivity index (χ1n) is 10.9. The molecule has 0 saturated heterocycles. The number of anilines is 1. The van der Waals surface area contributed by atoms with E-state index in [2.05, 4.69) is 5.32 Å². The largest absolute Gasteiger partial charge is 0.467 e. The molecule has 0 fully saturated rings. The minimum absolute atomic E-state index is 0.0682. The monoisotopic (exact) mass is 494 g/mol. The molecular weight excluding hydrogens is 472 g/mol. The molecule has 0 atom stereocenters. The quantitative estimate of drug-likeness (QED) is 0.298. The zero-order valence-electron chi connectivity index (χ0n) is 18.2. The van der Waals surface area contributed by atoms with Crippen molar-refractivity contribution in [3.63, 3.8) is 0 Å². The summed E-state index contributed by atoms with van der Waals surface area (Å²) >= 11 is 2.80. The van der Waals surface area contributed by atoms with E-state index in [4.69, 9.17) is 15.1 Å². The number of nitrogens with one attached hydrogen (secondary N) is 1. The summed E-state index contributed by atoms with van der Waals surface area (Å²) in [6.07, 6.45) is 5.66. The SMILES string of the molecule is NC(=O)c1ccc(NC(=O)CSc2nc3sc4c(c3c(=O)n2Cc2ccco2)CCCC4)cc1.